The molecule has 4 heteroatoms. The summed E-state index contributed by atoms with van der Waals surface area (Å²) in [6.45, 7) is 3.15. The Labute approximate surface area is 123 Å². The van der Waals surface area contributed by atoms with Crippen molar-refractivity contribution in [2.24, 2.45) is 0 Å². The van der Waals surface area contributed by atoms with Gasteiger partial charge in [0.15, 0.2) is 0 Å². The highest BCUT2D eigenvalue weighted by molar-refractivity contribution is 5.51. The minimum absolute atomic E-state index is 0.138. The highest BCUT2D eigenvalue weighted by Crippen LogP contribution is 2.29. The third kappa shape index (κ3) is 4.18. The average Bonchev–Trinajstić information content (AvgIpc) is 2.37. The lowest BCUT2D eigenvalue weighted by molar-refractivity contribution is -0.0505. The summed E-state index contributed by atoms with van der Waals surface area (Å²) in [4.78, 5) is 0. The quantitative estimate of drug-likeness (QED) is 0.829. The minimum Gasteiger partial charge on any atom is -0.434 e. The molecule has 1 atom stereocenters. The van der Waals surface area contributed by atoms with E-state index in [2.05, 4.69) is 16.1 Å². The maximum Gasteiger partial charge on any atom is 0.387 e. The molecule has 21 heavy (non-hydrogen) atoms. The molecule has 1 N–H and O–H groups in total. The Morgan fingerprint density at radius 3 is 2.24 bits per heavy atom. The maximum atomic E-state index is 12.5. The number of hydrogen-bond acceptors (Lipinski definition) is 2. The molecule has 0 saturated heterocycles. The third-order valence-electron chi connectivity index (χ3n) is 3.21. The van der Waals surface area contributed by atoms with E-state index in [9.17, 15) is 8.78 Å². The van der Waals surface area contributed by atoms with Gasteiger partial charge in [-0.15, -0.1) is 0 Å². The summed E-state index contributed by atoms with van der Waals surface area (Å²) in [7, 11) is 0. The van der Waals surface area contributed by atoms with Gasteiger partial charge in [-0.2, -0.15) is 8.78 Å². The van der Waals surface area contributed by atoms with Crippen LogP contribution in [-0.2, 0) is 0 Å². The highest BCUT2D eigenvalue weighted by Gasteiger charge is 2.14. The molecule has 0 amide bonds. The Hall–Kier alpha value is -2.10. The van der Waals surface area contributed by atoms with E-state index < -0.39 is 6.61 Å². The number of aryl methyl sites for hydroxylation is 2. The fourth-order valence-electron chi connectivity index (χ4n) is 2.43. The van der Waals surface area contributed by atoms with E-state index in [1.165, 1.54) is 0 Å². The fraction of sp³-hybridized carbons (Fsp3) is 0.294. The zero-order chi connectivity index (χ0) is 15.4. The molecule has 2 aromatic rings. The molecule has 2 aromatic carbocycles. The van der Waals surface area contributed by atoms with Crippen molar-refractivity contribution in [3.8, 4) is 5.75 Å². The summed E-state index contributed by atoms with van der Waals surface area (Å²) in [5.74, 6) is 0.205. The van der Waals surface area contributed by atoms with E-state index in [0.717, 1.165) is 16.8 Å². The lowest BCUT2D eigenvalue weighted by atomic mass is 10.1. The van der Waals surface area contributed by atoms with Crippen molar-refractivity contribution in [3.05, 3.63) is 59.2 Å². The van der Waals surface area contributed by atoms with E-state index in [4.69, 9.17) is 0 Å². The molecule has 0 aromatic heterocycles. The number of benzene rings is 2. The molecular formula is C17H19F2NO. The van der Waals surface area contributed by atoms with Gasteiger partial charge in [0.25, 0.3) is 0 Å². The van der Waals surface area contributed by atoms with Crippen LogP contribution < -0.4 is 10.1 Å². The van der Waals surface area contributed by atoms with Gasteiger partial charge in [-0.25, -0.2) is 0 Å². The molecule has 0 heterocycles. The van der Waals surface area contributed by atoms with E-state index in [1.54, 1.807) is 18.2 Å². The van der Waals surface area contributed by atoms with Gasteiger partial charge in [0.1, 0.15) is 5.75 Å². The van der Waals surface area contributed by atoms with Crippen LogP contribution >= 0.6 is 0 Å². The summed E-state index contributed by atoms with van der Waals surface area (Å²) in [6, 6.07) is 12.8. The van der Waals surface area contributed by atoms with Gasteiger partial charge in [0.2, 0.25) is 0 Å². The normalized spacial score (nSPS) is 12.3. The standard InChI is InChI=1S/C17H19F2NO/c1-11-8-12(2)10-14(9-11)20-13(3)15-6-4-5-7-16(15)21-17(18)19/h4-10,13,17,20H,1-3H3. The van der Waals surface area contributed by atoms with Gasteiger partial charge in [-0.3, -0.25) is 0 Å². The fourth-order valence-corrected chi connectivity index (χ4v) is 2.43. The Balaban J connectivity index is 2.22. The van der Waals surface area contributed by atoms with Crippen LogP contribution in [0.25, 0.3) is 0 Å². The van der Waals surface area contributed by atoms with Crippen molar-refractivity contribution >= 4 is 5.69 Å². The summed E-state index contributed by atoms with van der Waals surface area (Å²) >= 11 is 0. The SMILES string of the molecule is Cc1cc(C)cc(NC(C)c2ccccc2OC(F)F)c1. The molecule has 0 fully saturated rings. The van der Waals surface area contributed by atoms with E-state index in [0.29, 0.717) is 5.56 Å². The Morgan fingerprint density at radius 2 is 1.62 bits per heavy atom. The monoisotopic (exact) mass is 291 g/mol. The third-order valence-corrected chi connectivity index (χ3v) is 3.21. The van der Waals surface area contributed by atoms with Crippen LogP contribution in [0.2, 0.25) is 0 Å². The van der Waals surface area contributed by atoms with Crippen molar-refractivity contribution in [3.63, 3.8) is 0 Å². The summed E-state index contributed by atoms with van der Waals surface area (Å²) in [5, 5.41) is 3.33. The number of alkyl halides is 2. The van der Waals surface area contributed by atoms with Gasteiger partial charge in [-0.05, 0) is 50.1 Å². The molecule has 0 radical (unpaired) electrons. The second kappa shape index (κ2) is 6.57. The molecule has 0 saturated carbocycles. The molecule has 2 rings (SSSR count). The largest absolute Gasteiger partial charge is 0.434 e. The predicted molar refractivity (Wildman–Crippen MR) is 81.0 cm³/mol. The second-order valence-electron chi connectivity index (χ2n) is 5.16. The first-order chi connectivity index (χ1) is 9.95. The first kappa shape index (κ1) is 15.3. The van der Waals surface area contributed by atoms with E-state index in [-0.39, 0.29) is 11.8 Å². The number of para-hydroxylation sites is 1. The molecule has 2 nitrogen and oxygen atoms in total. The average molecular weight is 291 g/mol. The number of halogens is 2. The molecule has 112 valence electrons. The molecular weight excluding hydrogens is 272 g/mol. The van der Waals surface area contributed by atoms with Crippen molar-refractivity contribution in [1.82, 2.24) is 0 Å². The number of rotatable bonds is 5. The topological polar surface area (TPSA) is 21.3 Å². The predicted octanol–water partition coefficient (Wildman–Crippen LogP) is 5.08. The van der Waals surface area contributed by atoms with E-state index in [1.807, 2.05) is 39.0 Å². The lowest BCUT2D eigenvalue weighted by Gasteiger charge is -2.19. The number of nitrogens with one attached hydrogen (secondary N) is 1. The molecule has 0 aliphatic carbocycles. The van der Waals surface area contributed by atoms with Crippen molar-refractivity contribution in [2.75, 3.05) is 5.32 Å². The van der Waals surface area contributed by atoms with Crippen LogP contribution in [0.1, 0.15) is 29.7 Å². The number of ether oxygens (including phenoxy) is 1. The summed E-state index contributed by atoms with van der Waals surface area (Å²) in [5.41, 5.74) is 3.98. The van der Waals surface area contributed by atoms with Crippen molar-refractivity contribution < 1.29 is 13.5 Å². The van der Waals surface area contributed by atoms with Gasteiger partial charge in [-0.1, -0.05) is 24.3 Å². The molecule has 0 spiro atoms. The Bertz CT molecular complexity index is 593. The zero-order valence-electron chi connectivity index (χ0n) is 12.4. The minimum atomic E-state index is -2.82. The number of anilines is 1. The molecule has 0 bridgehead atoms. The lowest BCUT2D eigenvalue weighted by Crippen LogP contribution is -2.11. The van der Waals surface area contributed by atoms with Gasteiger partial charge in [0, 0.05) is 11.3 Å². The highest BCUT2D eigenvalue weighted by atomic mass is 19.3. The maximum absolute atomic E-state index is 12.5. The van der Waals surface area contributed by atoms with E-state index >= 15 is 0 Å². The van der Waals surface area contributed by atoms with Crippen LogP contribution in [0, 0.1) is 13.8 Å². The van der Waals surface area contributed by atoms with Crippen molar-refractivity contribution in [1.29, 1.82) is 0 Å². The first-order valence-electron chi connectivity index (χ1n) is 6.84. The molecule has 0 aliphatic heterocycles. The van der Waals surface area contributed by atoms with Crippen LogP contribution in [0.5, 0.6) is 5.75 Å². The van der Waals surface area contributed by atoms with Crippen LogP contribution in [0.15, 0.2) is 42.5 Å². The van der Waals surface area contributed by atoms with Gasteiger partial charge >= 0.3 is 6.61 Å². The smallest absolute Gasteiger partial charge is 0.387 e. The van der Waals surface area contributed by atoms with Crippen molar-refractivity contribution in [2.45, 2.75) is 33.4 Å². The molecule has 1 unspecified atom stereocenters. The Kier molecular flexibility index (Phi) is 4.78. The zero-order valence-corrected chi connectivity index (χ0v) is 12.4. The second-order valence-corrected chi connectivity index (χ2v) is 5.16. The van der Waals surface area contributed by atoms with Crippen LogP contribution in [0.4, 0.5) is 14.5 Å². The summed E-state index contributed by atoms with van der Waals surface area (Å²) in [6.07, 6.45) is 0. The Morgan fingerprint density at radius 1 is 1.00 bits per heavy atom. The summed E-state index contributed by atoms with van der Waals surface area (Å²) < 4.78 is 29.5. The van der Waals surface area contributed by atoms with Gasteiger partial charge in [0.05, 0.1) is 6.04 Å². The first-order valence-corrected chi connectivity index (χ1v) is 6.84. The van der Waals surface area contributed by atoms with Crippen LogP contribution in [-0.4, -0.2) is 6.61 Å². The molecule has 0 aliphatic rings. The van der Waals surface area contributed by atoms with Crippen LogP contribution in [0.3, 0.4) is 0 Å². The van der Waals surface area contributed by atoms with Gasteiger partial charge < -0.3 is 10.1 Å². The number of hydrogen-bond donors (Lipinski definition) is 1.